The Hall–Kier alpha value is -0.630. The van der Waals surface area contributed by atoms with Crippen LogP contribution in [0.25, 0.3) is 0 Å². The number of fused-ring (bicyclic) bond motifs is 5. The molecule has 1 N–H and O–H groups in total. The minimum atomic E-state index is -2.05. The van der Waals surface area contributed by atoms with Crippen LogP contribution in [-0.4, -0.2) is 17.0 Å². The van der Waals surface area contributed by atoms with Gasteiger partial charge >= 0.3 is 0 Å². The van der Waals surface area contributed by atoms with Gasteiger partial charge in [0.2, 0.25) is 0 Å². The molecule has 21 heavy (non-hydrogen) atoms. The van der Waals surface area contributed by atoms with E-state index in [0.717, 1.165) is 44.1 Å². The van der Waals surface area contributed by atoms with Crippen LogP contribution in [0.15, 0.2) is 11.6 Å². The van der Waals surface area contributed by atoms with E-state index in [9.17, 15) is 9.90 Å². The van der Waals surface area contributed by atoms with Gasteiger partial charge in [-0.05, 0) is 79.6 Å². The smallest absolute Gasteiger partial charge is 0.155 e. The van der Waals surface area contributed by atoms with Crippen LogP contribution in [0.2, 0.25) is 0 Å². The highest BCUT2D eigenvalue weighted by molar-refractivity contribution is 5.91. The summed E-state index contributed by atoms with van der Waals surface area (Å²) in [5.74, 6) is 1.05. The Morgan fingerprint density at radius 1 is 1.19 bits per heavy atom. The second kappa shape index (κ2) is 4.44. The van der Waals surface area contributed by atoms with Gasteiger partial charge in [-0.15, -0.1) is 0 Å². The van der Waals surface area contributed by atoms with Gasteiger partial charge in [-0.2, -0.15) is 0 Å². The summed E-state index contributed by atoms with van der Waals surface area (Å²) in [6.07, 6.45) is 7.68. The number of carbonyl (C=O) groups excluding carboxylic acids is 1. The molecule has 0 unspecified atom stereocenters. The van der Waals surface area contributed by atoms with Gasteiger partial charge in [-0.25, -0.2) is 0 Å². The predicted molar refractivity (Wildman–Crippen MR) is 82.7 cm³/mol. The average Bonchev–Trinajstić information content (AvgIpc) is 2.81. The fraction of sp³-hybridized carbons (Fsp3) is 0.842. The fourth-order valence-corrected chi connectivity index (χ4v) is 6.19. The third-order valence-corrected chi connectivity index (χ3v) is 7.44. The molecule has 0 radical (unpaired) electrons. The SMILES string of the molecule is [2H]C([2H])([2H])[C@@]12CCC(=O)C=C1CC[C@@H]1[C@H]3CC[C@@H](O)[C@]3(C)CC[C@H]12. The number of rotatable bonds is 0. The normalized spacial score (nSPS) is 55.4. The first-order valence-electron chi connectivity index (χ1n) is 10.1. The number of aliphatic hydroxyl groups is 1. The van der Waals surface area contributed by atoms with E-state index in [1.54, 1.807) is 6.08 Å². The van der Waals surface area contributed by atoms with Crippen molar-refractivity contribution in [3.05, 3.63) is 11.6 Å². The van der Waals surface area contributed by atoms with Gasteiger partial charge in [0, 0.05) is 10.5 Å². The number of allylic oxidation sites excluding steroid dienone is 1. The van der Waals surface area contributed by atoms with Crippen molar-refractivity contribution in [2.45, 2.75) is 71.2 Å². The standard InChI is InChI=1S/C19H28O2/c1-18-9-7-13(20)11-12(18)3-4-14-15-5-6-17(21)19(15,2)10-8-16(14)18/h11,14-17,21H,3-10H2,1-2H3/t14-,15-,16-,17-,18-,19-/m1/s1/i1D3. The lowest BCUT2D eigenvalue weighted by atomic mass is 9.47. The maximum Gasteiger partial charge on any atom is 0.155 e. The number of carbonyl (C=O) groups is 1. The van der Waals surface area contributed by atoms with Crippen molar-refractivity contribution in [1.82, 2.24) is 0 Å². The molecular weight excluding hydrogens is 260 g/mol. The number of ketones is 1. The summed E-state index contributed by atoms with van der Waals surface area (Å²) in [5.41, 5.74) is 0.0729. The molecule has 4 aliphatic carbocycles. The minimum Gasteiger partial charge on any atom is -0.393 e. The number of aliphatic hydroxyl groups excluding tert-OH is 1. The molecule has 4 aliphatic rings. The van der Waals surface area contributed by atoms with E-state index in [0.29, 0.717) is 24.7 Å². The van der Waals surface area contributed by atoms with Crippen LogP contribution in [0.5, 0.6) is 0 Å². The van der Waals surface area contributed by atoms with Gasteiger partial charge in [0.25, 0.3) is 0 Å². The van der Waals surface area contributed by atoms with Crippen LogP contribution in [0.3, 0.4) is 0 Å². The molecule has 0 spiro atoms. The molecule has 0 aromatic rings. The quantitative estimate of drug-likeness (QED) is 0.735. The predicted octanol–water partition coefficient (Wildman–Crippen LogP) is 3.88. The molecule has 4 rings (SSSR count). The average molecular weight is 291 g/mol. The highest BCUT2D eigenvalue weighted by Gasteiger charge is 2.58. The van der Waals surface area contributed by atoms with Gasteiger partial charge in [-0.3, -0.25) is 4.79 Å². The van der Waals surface area contributed by atoms with Crippen molar-refractivity contribution in [3.63, 3.8) is 0 Å². The van der Waals surface area contributed by atoms with Gasteiger partial charge in [0.15, 0.2) is 5.78 Å². The molecule has 3 saturated carbocycles. The number of hydrogen-bond acceptors (Lipinski definition) is 2. The van der Waals surface area contributed by atoms with Crippen molar-refractivity contribution >= 4 is 5.78 Å². The van der Waals surface area contributed by atoms with Crippen molar-refractivity contribution < 1.29 is 14.0 Å². The van der Waals surface area contributed by atoms with E-state index >= 15 is 0 Å². The molecule has 0 heterocycles. The molecule has 3 fully saturated rings. The maximum absolute atomic E-state index is 11.9. The Morgan fingerprint density at radius 3 is 2.86 bits per heavy atom. The van der Waals surface area contributed by atoms with Crippen molar-refractivity contribution in [3.8, 4) is 0 Å². The number of hydrogen-bond donors (Lipinski definition) is 1. The van der Waals surface area contributed by atoms with Crippen LogP contribution < -0.4 is 0 Å². The molecule has 6 atom stereocenters. The van der Waals surface area contributed by atoms with Crippen LogP contribution in [0.1, 0.15) is 69.3 Å². The van der Waals surface area contributed by atoms with Crippen LogP contribution in [0, 0.1) is 28.6 Å². The molecule has 0 bridgehead atoms. The third-order valence-electron chi connectivity index (χ3n) is 7.44. The lowest BCUT2D eigenvalue weighted by Gasteiger charge is -2.57. The topological polar surface area (TPSA) is 37.3 Å². The van der Waals surface area contributed by atoms with E-state index in [1.807, 2.05) is 0 Å². The molecule has 0 saturated heterocycles. The lowest BCUT2D eigenvalue weighted by molar-refractivity contribution is -0.118. The summed E-state index contributed by atoms with van der Waals surface area (Å²) < 4.78 is 25.0. The minimum absolute atomic E-state index is 0.0389. The summed E-state index contributed by atoms with van der Waals surface area (Å²) in [6, 6.07) is 0. The fourth-order valence-electron chi connectivity index (χ4n) is 6.19. The highest BCUT2D eigenvalue weighted by Crippen LogP contribution is 2.65. The van der Waals surface area contributed by atoms with Crippen molar-refractivity contribution in [2.75, 3.05) is 0 Å². The Labute approximate surface area is 132 Å². The lowest BCUT2D eigenvalue weighted by Crippen LogP contribution is -2.51. The zero-order valence-corrected chi connectivity index (χ0v) is 12.9. The molecular formula is C19H28O2. The molecule has 0 amide bonds. The van der Waals surface area contributed by atoms with Gasteiger partial charge in [0.1, 0.15) is 0 Å². The van der Waals surface area contributed by atoms with Crippen LogP contribution in [0.4, 0.5) is 0 Å². The van der Waals surface area contributed by atoms with E-state index in [1.165, 1.54) is 0 Å². The van der Waals surface area contributed by atoms with Gasteiger partial charge < -0.3 is 5.11 Å². The second-order valence-electron chi connectivity index (χ2n) is 8.16. The first kappa shape index (κ1) is 11.0. The summed E-state index contributed by atoms with van der Waals surface area (Å²) in [4.78, 5) is 11.9. The van der Waals surface area contributed by atoms with E-state index < -0.39 is 12.3 Å². The van der Waals surface area contributed by atoms with Crippen molar-refractivity contribution in [2.24, 2.45) is 28.6 Å². The van der Waals surface area contributed by atoms with Crippen molar-refractivity contribution in [1.29, 1.82) is 0 Å². The zero-order valence-electron chi connectivity index (χ0n) is 15.9. The summed E-state index contributed by atoms with van der Waals surface area (Å²) in [5, 5.41) is 10.5. The molecule has 0 aromatic carbocycles. The summed E-state index contributed by atoms with van der Waals surface area (Å²) >= 11 is 0. The Balaban J connectivity index is 1.78. The Morgan fingerprint density at radius 2 is 2.05 bits per heavy atom. The Kier molecular flexibility index (Phi) is 2.32. The third kappa shape index (κ3) is 1.78. The molecule has 2 nitrogen and oxygen atoms in total. The summed E-state index contributed by atoms with van der Waals surface area (Å²) in [7, 11) is 0. The largest absolute Gasteiger partial charge is 0.393 e. The zero-order chi connectivity index (χ0) is 17.3. The Bertz CT molecular complexity index is 596. The maximum atomic E-state index is 11.9. The van der Waals surface area contributed by atoms with E-state index in [-0.39, 0.29) is 23.2 Å². The molecule has 116 valence electrons. The monoisotopic (exact) mass is 291 g/mol. The first-order chi connectivity index (χ1) is 11.2. The highest BCUT2D eigenvalue weighted by atomic mass is 16.3. The molecule has 2 heteroatoms. The van der Waals surface area contributed by atoms with Crippen LogP contribution in [-0.2, 0) is 4.79 Å². The summed E-state index contributed by atoms with van der Waals surface area (Å²) in [6.45, 7) is 0.164. The van der Waals surface area contributed by atoms with Gasteiger partial charge in [-0.1, -0.05) is 19.3 Å². The molecule has 0 aromatic heterocycles. The molecule has 0 aliphatic heterocycles. The van der Waals surface area contributed by atoms with Gasteiger partial charge in [0.05, 0.1) is 6.10 Å². The second-order valence-corrected chi connectivity index (χ2v) is 8.16. The van der Waals surface area contributed by atoms with Crippen LogP contribution >= 0.6 is 0 Å². The van der Waals surface area contributed by atoms with E-state index in [4.69, 9.17) is 4.11 Å². The van der Waals surface area contributed by atoms with E-state index in [2.05, 4.69) is 6.92 Å². The first-order valence-corrected chi connectivity index (χ1v) is 8.62.